The average Bonchev–Trinajstić information content (AvgIpc) is 2.38. The summed E-state index contributed by atoms with van der Waals surface area (Å²) in [6.45, 7) is 2.26. The highest BCUT2D eigenvalue weighted by molar-refractivity contribution is 5.28. The minimum absolute atomic E-state index is 0.216. The van der Waals surface area contributed by atoms with E-state index in [0.717, 1.165) is 6.42 Å². The third-order valence-corrected chi connectivity index (χ3v) is 3.97. The molecule has 17 heavy (non-hydrogen) atoms. The molecule has 1 fully saturated rings. The molecule has 3 unspecified atom stereocenters. The maximum atomic E-state index is 9.12. The average molecular weight is 233 g/mol. The number of aliphatic hydroxyl groups excluding tert-OH is 1. The highest BCUT2D eigenvalue weighted by atomic mass is 16.3. The van der Waals surface area contributed by atoms with Crippen molar-refractivity contribution in [3.63, 3.8) is 0 Å². The van der Waals surface area contributed by atoms with Crippen LogP contribution in [0.2, 0.25) is 0 Å². The van der Waals surface area contributed by atoms with Crippen molar-refractivity contribution in [1.29, 1.82) is 0 Å². The van der Waals surface area contributed by atoms with Gasteiger partial charge in [0.2, 0.25) is 0 Å². The van der Waals surface area contributed by atoms with Gasteiger partial charge in [0.05, 0.1) is 0 Å². The molecule has 1 aromatic rings. The van der Waals surface area contributed by atoms with Gasteiger partial charge in [0.15, 0.2) is 0 Å². The molecule has 94 valence electrons. The largest absolute Gasteiger partial charge is 0.396 e. The number of benzene rings is 1. The van der Waals surface area contributed by atoms with Gasteiger partial charge in [-0.05, 0) is 36.3 Å². The Kier molecular flexibility index (Phi) is 4.19. The molecule has 3 N–H and O–H groups in total. The Balaban J connectivity index is 2.06. The summed E-state index contributed by atoms with van der Waals surface area (Å²) in [6, 6.07) is 9.10. The molecule has 2 heteroatoms. The van der Waals surface area contributed by atoms with Crippen molar-refractivity contribution in [1.82, 2.24) is 0 Å². The number of hydrogen-bond donors (Lipinski definition) is 2. The van der Waals surface area contributed by atoms with Crippen molar-refractivity contribution in [2.45, 2.75) is 50.5 Å². The highest BCUT2D eigenvalue weighted by Crippen LogP contribution is 2.32. The van der Waals surface area contributed by atoms with Crippen molar-refractivity contribution in [3.8, 4) is 0 Å². The Morgan fingerprint density at radius 2 is 2.00 bits per heavy atom. The van der Waals surface area contributed by atoms with Crippen molar-refractivity contribution in [3.05, 3.63) is 35.4 Å². The summed E-state index contributed by atoms with van der Waals surface area (Å²) in [5, 5.41) is 9.12. The topological polar surface area (TPSA) is 46.2 Å². The van der Waals surface area contributed by atoms with Gasteiger partial charge >= 0.3 is 0 Å². The van der Waals surface area contributed by atoms with Gasteiger partial charge in [-0.25, -0.2) is 0 Å². The first-order valence-corrected chi connectivity index (χ1v) is 6.67. The molecule has 2 rings (SSSR count). The SMILES string of the molecule is CC(CO)c1ccc(C2CCCC(N)C2)cc1. The normalized spacial score (nSPS) is 26.8. The number of aliphatic hydroxyl groups is 1. The van der Waals surface area contributed by atoms with E-state index in [0.29, 0.717) is 12.0 Å². The van der Waals surface area contributed by atoms with E-state index in [1.54, 1.807) is 0 Å². The lowest BCUT2D eigenvalue weighted by molar-refractivity contribution is 0.273. The number of nitrogens with two attached hydrogens (primary N) is 1. The maximum Gasteiger partial charge on any atom is 0.0497 e. The minimum Gasteiger partial charge on any atom is -0.396 e. The second kappa shape index (κ2) is 5.65. The quantitative estimate of drug-likeness (QED) is 0.843. The summed E-state index contributed by atoms with van der Waals surface area (Å²) in [6.07, 6.45) is 4.81. The second-order valence-electron chi connectivity index (χ2n) is 5.37. The molecule has 2 nitrogen and oxygen atoms in total. The lowest BCUT2D eigenvalue weighted by Crippen LogP contribution is -2.26. The lowest BCUT2D eigenvalue weighted by atomic mass is 9.81. The Morgan fingerprint density at radius 1 is 1.29 bits per heavy atom. The van der Waals surface area contributed by atoms with Gasteiger partial charge in [-0.2, -0.15) is 0 Å². The van der Waals surface area contributed by atoms with E-state index in [1.165, 1.54) is 30.4 Å². The zero-order valence-corrected chi connectivity index (χ0v) is 10.6. The van der Waals surface area contributed by atoms with Crippen LogP contribution in [0.1, 0.15) is 55.6 Å². The van der Waals surface area contributed by atoms with Gasteiger partial charge in [0.1, 0.15) is 0 Å². The molecule has 0 saturated heterocycles. The van der Waals surface area contributed by atoms with Gasteiger partial charge in [-0.3, -0.25) is 0 Å². The summed E-state index contributed by atoms with van der Waals surface area (Å²) >= 11 is 0. The van der Waals surface area contributed by atoms with Crippen LogP contribution in [0, 0.1) is 0 Å². The van der Waals surface area contributed by atoms with Crippen LogP contribution >= 0.6 is 0 Å². The molecule has 0 amide bonds. The fourth-order valence-electron chi connectivity index (χ4n) is 2.73. The zero-order valence-electron chi connectivity index (χ0n) is 10.6. The van der Waals surface area contributed by atoms with E-state index in [-0.39, 0.29) is 12.5 Å². The Hall–Kier alpha value is -0.860. The predicted molar refractivity (Wildman–Crippen MR) is 71.1 cm³/mol. The molecule has 0 heterocycles. The first-order chi connectivity index (χ1) is 8.20. The molecule has 1 aliphatic rings. The van der Waals surface area contributed by atoms with Crippen molar-refractivity contribution in [2.75, 3.05) is 6.61 Å². The molecule has 1 aliphatic carbocycles. The summed E-state index contributed by atoms with van der Waals surface area (Å²) in [5.41, 5.74) is 8.66. The van der Waals surface area contributed by atoms with E-state index in [2.05, 4.69) is 24.3 Å². The van der Waals surface area contributed by atoms with Crippen LogP contribution in [0.15, 0.2) is 24.3 Å². The molecule has 0 aliphatic heterocycles. The van der Waals surface area contributed by atoms with Crippen LogP contribution in [0.3, 0.4) is 0 Å². The second-order valence-corrected chi connectivity index (χ2v) is 5.37. The smallest absolute Gasteiger partial charge is 0.0497 e. The van der Waals surface area contributed by atoms with Crippen LogP contribution in [0.25, 0.3) is 0 Å². The molecule has 0 spiro atoms. The fraction of sp³-hybridized carbons (Fsp3) is 0.600. The Morgan fingerprint density at radius 3 is 2.59 bits per heavy atom. The fourth-order valence-corrected chi connectivity index (χ4v) is 2.73. The van der Waals surface area contributed by atoms with Crippen molar-refractivity contribution < 1.29 is 5.11 Å². The van der Waals surface area contributed by atoms with Crippen molar-refractivity contribution >= 4 is 0 Å². The molecular formula is C15H23NO. The highest BCUT2D eigenvalue weighted by Gasteiger charge is 2.20. The van der Waals surface area contributed by atoms with E-state index in [4.69, 9.17) is 10.8 Å². The molecular weight excluding hydrogens is 210 g/mol. The van der Waals surface area contributed by atoms with Crippen LogP contribution in [0.4, 0.5) is 0 Å². The first-order valence-electron chi connectivity index (χ1n) is 6.67. The van der Waals surface area contributed by atoms with Crippen LogP contribution in [0.5, 0.6) is 0 Å². The van der Waals surface area contributed by atoms with E-state index in [1.807, 2.05) is 6.92 Å². The summed E-state index contributed by atoms with van der Waals surface area (Å²) in [5.74, 6) is 0.870. The van der Waals surface area contributed by atoms with E-state index in [9.17, 15) is 0 Å². The summed E-state index contributed by atoms with van der Waals surface area (Å²) in [4.78, 5) is 0. The third-order valence-electron chi connectivity index (χ3n) is 3.97. The van der Waals surface area contributed by atoms with Gasteiger partial charge in [0, 0.05) is 18.6 Å². The van der Waals surface area contributed by atoms with E-state index >= 15 is 0 Å². The Labute approximate surface area is 104 Å². The molecule has 1 aromatic carbocycles. The first kappa shape index (κ1) is 12.6. The molecule has 0 bridgehead atoms. The van der Waals surface area contributed by atoms with Gasteiger partial charge in [0.25, 0.3) is 0 Å². The number of hydrogen-bond acceptors (Lipinski definition) is 2. The van der Waals surface area contributed by atoms with Crippen LogP contribution < -0.4 is 5.73 Å². The lowest BCUT2D eigenvalue weighted by Gasteiger charge is -2.27. The predicted octanol–water partition coefficient (Wildman–Crippen LogP) is 2.77. The minimum atomic E-state index is 0.216. The maximum absolute atomic E-state index is 9.12. The van der Waals surface area contributed by atoms with Gasteiger partial charge < -0.3 is 10.8 Å². The number of rotatable bonds is 3. The monoisotopic (exact) mass is 233 g/mol. The zero-order chi connectivity index (χ0) is 12.3. The van der Waals surface area contributed by atoms with Gasteiger partial charge in [-0.15, -0.1) is 0 Å². The van der Waals surface area contributed by atoms with Crippen LogP contribution in [-0.2, 0) is 0 Å². The van der Waals surface area contributed by atoms with E-state index < -0.39 is 0 Å². The van der Waals surface area contributed by atoms with Crippen LogP contribution in [-0.4, -0.2) is 17.8 Å². The molecule has 0 radical (unpaired) electrons. The molecule has 1 saturated carbocycles. The standard InChI is InChI=1S/C15H23NO/c1-11(10-17)12-5-7-13(8-6-12)14-3-2-4-15(16)9-14/h5-8,11,14-15,17H,2-4,9-10,16H2,1H3. The van der Waals surface area contributed by atoms with Gasteiger partial charge in [-0.1, -0.05) is 37.6 Å². The third kappa shape index (κ3) is 3.08. The molecule has 3 atom stereocenters. The summed E-state index contributed by atoms with van der Waals surface area (Å²) < 4.78 is 0. The Bertz CT molecular complexity index is 346. The molecule has 0 aromatic heterocycles. The van der Waals surface area contributed by atoms with Crippen molar-refractivity contribution in [2.24, 2.45) is 5.73 Å². The summed E-state index contributed by atoms with van der Waals surface area (Å²) in [7, 11) is 0.